The molecule has 0 amide bonds. The predicted octanol–water partition coefficient (Wildman–Crippen LogP) is 4.00. The molecule has 0 fully saturated rings. The van der Waals surface area contributed by atoms with E-state index < -0.39 is 6.10 Å². The fourth-order valence-electron chi connectivity index (χ4n) is 2.25. The molecule has 5 heteroatoms. The van der Waals surface area contributed by atoms with Crippen molar-refractivity contribution in [1.29, 1.82) is 0 Å². The van der Waals surface area contributed by atoms with E-state index in [2.05, 4.69) is 27.7 Å². The van der Waals surface area contributed by atoms with Gasteiger partial charge < -0.3 is 5.11 Å². The van der Waals surface area contributed by atoms with Crippen LogP contribution in [0.5, 0.6) is 0 Å². The third kappa shape index (κ3) is 3.18. The van der Waals surface area contributed by atoms with Crippen LogP contribution in [0.2, 0.25) is 5.02 Å². The zero-order valence-electron chi connectivity index (χ0n) is 11.6. The summed E-state index contributed by atoms with van der Waals surface area (Å²) >= 11 is 8.63. The minimum atomic E-state index is -0.563. The van der Waals surface area contributed by atoms with Gasteiger partial charge >= 0.3 is 0 Å². The molecule has 0 spiro atoms. The SMILES string of the molecule is CCc1nn(CC)c(CC(O)c2ccccc2I)c1Cl. The maximum atomic E-state index is 10.5. The Morgan fingerprint density at radius 1 is 1.35 bits per heavy atom. The number of aromatic nitrogens is 2. The van der Waals surface area contributed by atoms with Crippen molar-refractivity contribution in [3.05, 3.63) is 49.8 Å². The van der Waals surface area contributed by atoms with E-state index in [0.29, 0.717) is 11.4 Å². The molecular formula is C15H18ClIN2O. The Morgan fingerprint density at radius 3 is 2.65 bits per heavy atom. The third-order valence-electron chi connectivity index (χ3n) is 3.35. The second-order valence-corrected chi connectivity index (χ2v) is 6.16. The first-order valence-electron chi connectivity index (χ1n) is 6.75. The largest absolute Gasteiger partial charge is 0.388 e. The molecule has 1 aromatic heterocycles. The lowest BCUT2D eigenvalue weighted by Gasteiger charge is -2.14. The van der Waals surface area contributed by atoms with E-state index in [1.165, 1.54) is 0 Å². The summed E-state index contributed by atoms with van der Waals surface area (Å²) in [5.41, 5.74) is 2.75. The van der Waals surface area contributed by atoms with Gasteiger partial charge in [0.2, 0.25) is 0 Å². The highest BCUT2D eigenvalue weighted by Crippen LogP contribution is 2.28. The molecule has 0 radical (unpaired) electrons. The molecule has 0 saturated carbocycles. The Labute approximate surface area is 138 Å². The van der Waals surface area contributed by atoms with Crippen molar-refractivity contribution in [1.82, 2.24) is 9.78 Å². The number of aliphatic hydroxyl groups excluding tert-OH is 1. The minimum absolute atomic E-state index is 0.486. The number of halogens is 2. The van der Waals surface area contributed by atoms with Gasteiger partial charge in [-0.3, -0.25) is 4.68 Å². The fourth-order valence-corrected chi connectivity index (χ4v) is 3.34. The van der Waals surface area contributed by atoms with E-state index >= 15 is 0 Å². The van der Waals surface area contributed by atoms with E-state index in [4.69, 9.17) is 11.6 Å². The molecule has 2 rings (SSSR count). The van der Waals surface area contributed by atoms with Crippen molar-refractivity contribution in [2.75, 3.05) is 0 Å². The Hall–Kier alpha value is -0.590. The lowest BCUT2D eigenvalue weighted by Crippen LogP contribution is -2.09. The lowest BCUT2D eigenvalue weighted by molar-refractivity contribution is 0.174. The Kier molecular flexibility index (Phi) is 5.46. The highest BCUT2D eigenvalue weighted by Gasteiger charge is 2.19. The van der Waals surface area contributed by atoms with Gasteiger partial charge in [-0.15, -0.1) is 0 Å². The lowest BCUT2D eigenvalue weighted by atomic mass is 10.0. The van der Waals surface area contributed by atoms with Crippen LogP contribution < -0.4 is 0 Å². The monoisotopic (exact) mass is 404 g/mol. The summed E-state index contributed by atoms with van der Waals surface area (Å²) in [6, 6.07) is 7.86. The summed E-state index contributed by atoms with van der Waals surface area (Å²) in [4.78, 5) is 0. The van der Waals surface area contributed by atoms with Crippen LogP contribution in [0, 0.1) is 3.57 Å². The highest BCUT2D eigenvalue weighted by molar-refractivity contribution is 14.1. The molecule has 0 aliphatic carbocycles. The minimum Gasteiger partial charge on any atom is -0.388 e. The Morgan fingerprint density at radius 2 is 2.05 bits per heavy atom. The molecule has 2 aromatic rings. The normalized spacial score (nSPS) is 12.7. The number of benzene rings is 1. The van der Waals surface area contributed by atoms with Gasteiger partial charge in [-0.2, -0.15) is 5.10 Å². The highest BCUT2D eigenvalue weighted by atomic mass is 127. The van der Waals surface area contributed by atoms with Gasteiger partial charge in [0.15, 0.2) is 0 Å². The first-order valence-corrected chi connectivity index (χ1v) is 8.20. The smallest absolute Gasteiger partial charge is 0.0856 e. The fraction of sp³-hybridized carbons (Fsp3) is 0.400. The van der Waals surface area contributed by atoms with Crippen LogP contribution in [0.3, 0.4) is 0 Å². The van der Waals surface area contributed by atoms with E-state index in [0.717, 1.165) is 33.5 Å². The summed E-state index contributed by atoms with van der Waals surface area (Å²) in [6.45, 7) is 4.83. The summed E-state index contributed by atoms with van der Waals surface area (Å²) in [5, 5.41) is 15.7. The van der Waals surface area contributed by atoms with Gasteiger partial charge in [-0.1, -0.05) is 36.7 Å². The van der Waals surface area contributed by atoms with Crippen LogP contribution in [0.1, 0.15) is 36.9 Å². The van der Waals surface area contributed by atoms with Crippen molar-refractivity contribution in [2.24, 2.45) is 0 Å². The molecule has 0 saturated heterocycles. The van der Waals surface area contributed by atoms with E-state index in [-0.39, 0.29) is 0 Å². The molecular weight excluding hydrogens is 387 g/mol. The zero-order valence-corrected chi connectivity index (χ0v) is 14.5. The van der Waals surface area contributed by atoms with Crippen LogP contribution in [0.15, 0.2) is 24.3 Å². The maximum Gasteiger partial charge on any atom is 0.0856 e. The molecule has 1 N–H and O–H groups in total. The van der Waals surface area contributed by atoms with Gasteiger partial charge in [0.05, 0.1) is 22.5 Å². The van der Waals surface area contributed by atoms with Crippen LogP contribution in [-0.2, 0) is 19.4 Å². The topological polar surface area (TPSA) is 38.0 Å². The molecule has 108 valence electrons. The zero-order chi connectivity index (χ0) is 14.7. The van der Waals surface area contributed by atoms with Crippen molar-refractivity contribution in [2.45, 2.75) is 39.3 Å². The van der Waals surface area contributed by atoms with Crippen LogP contribution in [-0.4, -0.2) is 14.9 Å². The molecule has 0 aliphatic heterocycles. The van der Waals surface area contributed by atoms with E-state index in [1.807, 2.05) is 42.8 Å². The first-order chi connectivity index (χ1) is 9.58. The van der Waals surface area contributed by atoms with Gasteiger partial charge in [0.25, 0.3) is 0 Å². The molecule has 1 atom stereocenters. The van der Waals surface area contributed by atoms with Crippen LogP contribution >= 0.6 is 34.2 Å². The molecule has 1 heterocycles. The predicted molar refractivity (Wildman–Crippen MR) is 90.1 cm³/mol. The number of aliphatic hydroxyl groups is 1. The standard InChI is InChI=1S/C15H18ClIN2O/c1-3-12-15(16)13(19(4-2)18-12)9-14(20)10-7-5-6-8-11(10)17/h5-8,14,20H,3-4,9H2,1-2H3. The quantitative estimate of drug-likeness (QED) is 0.765. The number of nitrogens with zero attached hydrogens (tertiary/aromatic N) is 2. The second-order valence-electron chi connectivity index (χ2n) is 4.62. The van der Waals surface area contributed by atoms with Crippen LogP contribution in [0.4, 0.5) is 0 Å². The summed E-state index contributed by atoms with van der Waals surface area (Å²) in [5.74, 6) is 0. The number of hydrogen-bond donors (Lipinski definition) is 1. The third-order valence-corrected chi connectivity index (χ3v) is 4.76. The molecule has 0 aliphatic rings. The maximum absolute atomic E-state index is 10.5. The van der Waals surface area contributed by atoms with Gasteiger partial charge in [0.1, 0.15) is 0 Å². The van der Waals surface area contributed by atoms with Crippen molar-refractivity contribution in [3.63, 3.8) is 0 Å². The van der Waals surface area contributed by atoms with Crippen molar-refractivity contribution < 1.29 is 5.11 Å². The number of rotatable bonds is 5. The Bertz CT molecular complexity index is 598. The molecule has 1 aromatic carbocycles. The molecule has 3 nitrogen and oxygen atoms in total. The summed E-state index contributed by atoms with van der Waals surface area (Å²) < 4.78 is 2.95. The van der Waals surface area contributed by atoms with Gasteiger partial charge in [-0.05, 0) is 47.6 Å². The van der Waals surface area contributed by atoms with E-state index in [9.17, 15) is 5.11 Å². The number of hydrogen-bond acceptors (Lipinski definition) is 2. The second kappa shape index (κ2) is 6.91. The summed E-state index contributed by atoms with van der Waals surface area (Å²) in [7, 11) is 0. The van der Waals surface area contributed by atoms with E-state index in [1.54, 1.807) is 0 Å². The average molecular weight is 405 g/mol. The van der Waals surface area contributed by atoms with Crippen molar-refractivity contribution in [3.8, 4) is 0 Å². The Balaban J connectivity index is 2.30. The van der Waals surface area contributed by atoms with Gasteiger partial charge in [0, 0.05) is 16.5 Å². The molecule has 20 heavy (non-hydrogen) atoms. The number of aryl methyl sites for hydroxylation is 2. The van der Waals surface area contributed by atoms with Crippen molar-refractivity contribution >= 4 is 34.2 Å². The van der Waals surface area contributed by atoms with Gasteiger partial charge in [-0.25, -0.2) is 0 Å². The first kappa shape index (κ1) is 15.8. The molecule has 0 bridgehead atoms. The summed E-state index contributed by atoms with van der Waals surface area (Å²) in [6.07, 6.45) is 0.726. The van der Waals surface area contributed by atoms with Crippen LogP contribution in [0.25, 0.3) is 0 Å². The molecule has 1 unspecified atom stereocenters. The average Bonchev–Trinajstić information content (AvgIpc) is 2.75.